The summed E-state index contributed by atoms with van der Waals surface area (Å²) in [5.74, 6) is 3.12. The van der Waals surface area contributed by atoms with E-state index in [0.29, 0.717) is 0 Å². The van der Waals surface area contributed by atoms with Crippen LogP contribution in [0.25, 0.3) is 0 Å². The molecule has 1 heterocycles. The molecule has 0 aromatic heterocycles. The Labute approximate surface area is 133 Å². The summed E-state index contributed by atoms with van der Waals surface area (Å²) in [7, 11) is 0. The fourth-order valence-electron chi connectivity index (χ4n) is 6.08. The van der Waals surface area contributed by atoms with E-state index in [0.717, 1.165) is 43.7 Å². The van der Waals surface area contributed by atoms with Crippen molar-refractivity contribution in [3.8, 4) is 0 Å². The SMILES string of the molecule is CC(=O)N1CCC(C(=O)NC23CC4CC(CC(C4)C2)C3)CC1. The number of piperidine rings is 1. The third kappa shape index (κ3) is 2.55. The second-order valence-electron chi connectivity index (χ2n) is 8.47. The topological polar surface area (TPSA) is 49.4 Å². The van der Waals surface area contributed by atoms with Crippen molar-refractivity contribution in [1.29, 1.82) is 0 Å². The summed E-state index contributed by atoms with van der Waals surface area (Å²) in [4.78, 5) is 26.0. The van der Waals surface area contributed by atoms with Crippen LogP contribution in [0.1, 0.15) is 58.3 Å². The van der Waals surface area contributed by atoms with Crippen LogP contribution in [-0.2, 0) is 9.59 Å². The molecule has 0 aromatic carbocycles. The van der Waals surface area contributed by atoms with Gasteiger partial charge in [-0.25, -0.2) is 0 Å². The number of nitrogens with zero attached hydrogens (tertiary/aromatic N) is 1. The number of amides is 2. The second kappa shape index (κ2) is 5.24. The lowest BCUT2D eigenvalue weighted by Crippen LogP contribution is -2.61. The number of carbonyl (C=O) groups excluding carboxylic acids is 2. The van der Waals surface area contributed by atoms with Gasteiger partial charge in [0, 0.05) is 31.5 Å². The van der Waals surface area contributed by atoms with E-state index < -0.39 is 0 Å². The normalized spacial score (nSPS) is 40.8. The summed E-state index contributed by atoms with van der Waals surface area (Å²) in [5.41, 5.74) is 0.129. The minimum atomic E-state index is 0.114. The smallest absolute Gasteiger partial charge is 0.223 e. The Morgan fingerprint density at radius 3 is 1.91 bits per heavy atom. The Morgan fingerprint density at radius 1 is 0.955 bits per heavy atom. The first-order valence-corrected chi connectivity index (χ1v) is 9.10. The van der Waals surface area contributed by atoms with E-state index in [1.54, 1.807) is 6.92 Å². The highest BCUT2D eigenvalue weighted by Gasteiger charge is 2.51. The van der Waals surface area contributed by atoms with Gasteiger partial charge in [-0.3, -0.25) is 9.59 Å². The molecule has 4 bridgehead atoms. The highest BCUT2D eigenvalue weighted by atomic mass is 16.2. The molecule has 5 aliphatic rings. The molecule has 1 N–H and O–H groups in total. The van der Waals surface area contributed by atoms with Crippen molar-refractivity contribution in [3.05, 3.63) is 0 Å². The minimum Gasteiger partial charge on any atom is -0.350 e. The number of hydrogen-bond acceptors (Lipinski definition) is 2. The van der Waals surface area contributed by atoms with Gasteiger partial charge in [-0.05, 0) is 69.1 Å². The number of rotatable bonds is 2. The van der Waals surface area contributed by atoms with Gasteiger partial charge in [0.1, 0.15) is 0 Å². The van der Waals surface area contributed by atoms with Crippen LogP contribution in [0.4, 0.5) is 0 Å². The lowest BCUT2D eigenvalue weighted by atomic mass is 9.53. The van der Waals surface area contributed by atoms with E-state index in [9.17, 15) is 9.59 Å². The monoisotopic (exact) mass is 304 g/mol. The molecule has 0 radical (unpaired) electrons. The van der Waals surface area contributed by atoms with E-state index in [2.05, 4.69) is 5.32 Å². The number of carbonyl (C=O) groups is 2. The Kier molecular flexibility index (Phi) is 3.46. The van der Waals surface area contributed by atoms with Crippen LogP contribution < -0.4 is 5.32 Å². The first-order chi connectivity index (χ1) is 10.5. The van der Waals surface area contributed by atoms with Crippen molar-refractivity contribution >= 4 is 11.8 Å². The first-order valence-electron chi connectivity index (χ1n) is 9.10. The average Bonchev–Trinajstić information content (AvgIpc) is 2.45. The maximum Gasteiger partial charge on any atom is 0.223 e. The molecular formula is C18H28N2O2. The van der Waals surface area contributed by atoms with E-state index in [4.69, 9.17) is 0 Å². The van der Waals surface area contributed by atoms with E-state index in [-0.39, 0.29) is 23.3 Å². The first kappa shape index (κ1) is 14.5. The van der Waals surface area contributed by atoms with Crippen LogP contribution in [0.15, 0.2) is 0 Å². The molecule has 5 rings (SSSR count). The van der Waals surface area contributed by atoms with Crippen LogP contribution in [0.5, 0.6) is 0 Å². The molecule has 0 spiro atoms. The fourth-order valence-corrected chi connectivity index (χ4v) is 6.08. The summed E-state index contributed by atoms with van der Waals surface area (Å²) in [6.45, 7) is 3.11. The quantitative estimate of drug-likeness (QED) is 0.851. The van der Waals surface area contributed by atoms with Gasteiger partial charge < -0.3 is 10.2 Å². The molecule has 0 aromatic rings. The zero-order valence-corrected chi connectivity index (χ0v) is 13.6. The van der Waals surface area contributed by atoms with Gasteiger partial charge >= 0.3 is 0 Å². The zero-order valence-electron chi connectivity index (χ0n) is 13.6. The molecule has 2 amide bonds. The van der Waals surface area contributed by atoms with Crippen molar-refractivity contribution in [3.63, 3.8) is 0 Å². The van der Waals surface area contributed by atoms with Crippen molar-refractivity contribution in [2.45, 2.75) is 63.8 Å². The molecule has 4 aliphatic carbocycles. The molecule has 4 heteroatoms. The standard InChI is InChI=1S/C18H28N2O2/c1-12(21)20-4-2-16(3-5-20)17(22)19-18-9-13-6-14(10-18)8-15(7-13)11-18/h13-16H,2-11H2,1H3,(H,19,22). The number of likely N-dealkylation sites (tertiary alicyclic amines) is 1. The molecule has 22 heavy (non-hydrogen) atoms. The third-order valence-electron chi connectivity index (χ3n) is 6.74. The van der Waals surface area contributed by atoms with Gasteiger partial charge in [-0.1, -0.05) is 0 Å². The molecule has 1 aliphatic heterocycles. The van der Waals surface area contributed by atoms with Crippen molar-refractivity contribution in [1.82, 2.24) is 10.2 Å². The largest absolute Gasteiger partial charge is 0.350 e. The molecular weight excluding hydrogens is 276 g/mol. The molecule has 4 saturated carbocycles. The Morgan fingerprint density at radius 2 is 1.45 bits per heavy atom. The van der Waals surface area contributed by atoms with Crippen molar-refractivity contribution < 1.29 is 9.59 Å². The molecule has 5 fully saturated rings. The molecule has 0 atom stereocenters. The summed E-state index contributed by atoms with van der Waals surface area (Å²) < 4.78 is 0. The van der Waals surface area contributed by atoms with Gasteiger partial charge in [-0.2, -0.15) is 0 Å². The Balaban J connectivity index is 1.37. The van der Waals surface area contributed by atoms with Gasteiger partial charge in [0.05, 0.1) is 0 Å². The summed E-state index contributed by atoms with van der Waals surface area (Å²) >= 11 is 0. The summed E-state index contributed by atoms with van der Waals surface area (Å²) in [6, 6.07) is 0. The predicted molar refractivity (Wildman–Crippen MR) is 84.0 cm³/mol. The zero-order chi connectivity index (χ0) is 15.3. The third-order valence-corrected chi connectivity index (χ3v) is 6.74. The van der Waals surface area contributed by atoms with Crippen LogP contribution in [-0.4, -0.2) is 35.3 Å². The molecule has 4 nitrogen and oxygen atoms in total. The highest BCUT2D eigenvalue weighted by molar-refractivity contribution is 5.80. The average molecular weight is 304 g/mol. The van der Waals surface area contributed by atoms with Crippen LogP contribution in [0, 0.1) is 23.7 Å². The molecule has 0 unspecified atom stereocenters. The maximum absolute atomic E-state index is 12.7. The minimum absolute atomic E-state index is 0.114. The maximum atomic E-state index is 12.7. The predicted octanol–water partition coefficient (Wildman–Crippen LogP) is 2.33. The summed E-state index contributed by atoms with van der Waals surface area (Å²) in [6.07, 6.45) is 9.55. The van der Waals surface area contributed by atoms with Crippen LogP contribution in [0.3, 0.4) is 0 Å². The van der Waals surface area contributed by atoms with Gasteiger partial charge in [0.25, 0.3) is 0 Å². The van der Waals surface area contributed by atoms with Crippen molar-refractivity contribution in [2.75, 3.05) is 13.1 Å². The number of nitrogens with one attached hydrogen (secondary N) is 1. The Hall–Kier alpha value is -1.06. The highest BCUT2D eigenvalue weighted by Crippen LogP contribution is 2.55. The lowest BCUT2D eigenvalue weighted by molar-refractivity contribution is -0.136. The lowest BCUT2D eigenvalue weighted by Gasteiger charge is -2.57. The Bertz CT molecular complexity index is 444. The second-order valence-corrected chi connectivity index (χ2v) is 8.47. The fraction of sp³-hybridized carbons (Fsp3) is 0.889. The molecule has 122 valence electrons. The van der Waals surface area contributed by atoms with E-state index in [1.165, 1.54) is 38.5 Å². The van der Waals surface area contributed by atoms with Crippen LogP contribution in [0.2, 0.25) is 0 Å². The van der Waals surface area contributed by atoms with Crippen LogP contribution >= 0.6 is 0 Å². The van der Waals surface area contributed by atoms with E-state index >= 15 is 0 Å². The van der Waals surface area contributed by atoms with Crippen molar-refractivity contribution in [2.24, 2.45) is 23.7 Å². The van der Waals surface area contributed by atoms with E-state index in [1.807, 2.05) is 4.90 Å². The summed E-state index contributed by atoms with van der Waals surface area (Å²) in [5, 5.41) is 3.50. The molecule has 1 saturated heterocycles. The number of hydrogen-bond donors (Lipinski definition) is 1. The van der Waals surface area contributed by atoms with Gasteiger partial charge in [-0.15, -0.1) is 0 Å². The van der Waals surface area contributed by atoms with Gasteiger partial charge in [0.15, 0.2) is 0 Å². The van der Waals surface area contributed by atoms with Gasteiger partial charge in [0.2, 0.25) is 11.8 Å².